The highest BCUT2D eigenvalue weighted by Gasteiger charge is 2.39. The van der Waals surface area contributed by atoms with Gasteiger partial charge in [0.15, 0.2) is 0 Å². The number of hydrogen-bond donors (Lipinski definition) is 0. The van der Waals surface area contributed by atoms with E-state index in [9.17, 15) is 22.8 Å². The quantitative estimate of drug-likeness (QED) is 0.805. The lowest BCUT2D eigenvalue weighted by atomic mass is 10.0. The Bertz CT molecular complexity index is 761. The standard InChI is InChI=1S/C15H14F3NO3/c1-3-8(4-2)13-19-11-6-5-9(12(20)15(16,17)18)7-10(11)14(21)22-13/h5-8H,3-4H2,1-2H3. The van der Waals surface area contributed by atoms with E-state index in [0.29, 0.717) is 0 Å². The summed E-state index contributed by atoms with van der Waals surface area (Å²) in [4.78, 5) is 27.4. The molecule has 0 aliphatic carbocycles. The molecule has 1 aromatic carbocycles. The molecular formula is C15H14F3NO3. The van der Waals surface area contributed by atoms with Crippen LogP contribution < -0.4 is 5.63 Å². The molecular weight excluding hydrogens is 299 g/mol. The first-order valence-corrected chi connectivity index (χ1v) is 6.84. The second-order valence-electron chi connectivity index (χ2n) is 4.91. The minimum absolute atomic E-state index is 0.0337. The second kappa shape index (κ2) is 5.90. The zero-order valence-corrected chi connectivity index (χ0v) is 12.0. The number of Topliss-reactive ketones (excluding diaryl/α,β-unsaturated/α-hetero) is 1. The second-order valence-corrected chi connectivity index (χ2v) is 4.91. The fourth-order valence-corrected chi connectivity index (χ4v) is 2.21. The normalized spacial score (nSPS) is 12.1. The van der Waals surface area contributed by atoms with Crippen LogP contribution in [0.2, 0.25) is 0 Å². The summed E-state index contributed by atoms with van der Waals surface area (Å²) >= 11 is 0. The summed E-state index contributed by atoms with van der Waals surface area (Å²) in [7, 11) is 0. The monoisotopic (exact) mass is 313 g/mol. The van der Waals surface area contributed by atoms with Crippen LogP contribution in [0, 0.1) is 0 Å². The van der Waals surface area contributed by atoms with Crippen LogP contribution >= 0.6 is 0 Å². The van der Waals surface area contributed by atoms with Crippen molar-refractivity contribution in [2.24, 2.45) is 0 Å². The van der Waals surface area contributed by atoms with Crippen molar-refractivity contribution in [3.8, 4) is 0 Å². The number of rotatable bonds is 4. The molecule has 0 fully saturated rings. The first kappa shape index (κ1) is 16.2. The Labute approximate surface area is 124 Å². The molecule has 0 atom stereocenters. The molecule has 0 saturated carbocycles. The van der Waals surface area contributed by atoms with Gasteiger partial charge in [0.05, 0.1) is 10.9 Å². The molecule has 1 heterocycles. The zero-order chi connectivity index (χ0) is 16.5. The van der Waals surface area contributed by atoms with E-state index in [1.807, 2.05) is 13.8 Å². The lowest BCUT2D eigenvalue weighted by Gasteiger charge is -2.10. The van der Waals surface area contributed by atoms with E-state index in [4.69, 9.17) is 4.42 Å². The van der Waals surface area contributed by atoms with Crippen LogP contribution in [0.3, 0.4) is 0 Å². The molecule has 0 radical (unpaired) electrons. The van der Waals surface area contributed by atoms with E-state index < -0.39 is 23.1 Å². The van der Waals surface area contributed by atoms with Crippen LogP contribution in [0.15, 0.2) is 27.4 Å². The van der Waals surface area contributed by atoms with E-state index >= 15 is 0 Å². The van der Waals surface area contributed by atoms with Crippen molar-refractivity contribution in [3.63, 3.8) is 0 Å². The summed E-state index contributed by atoms with van der Waals surface area (Å²) in [5, 5.41) is -0.134. The van der Waals surface area contributed by atoms with Gasteiger partial charge < -0.3 is 4.42 Å². The molecule has 7 heteroatoms. The molecule has 22 heavy (non-hydrogen) atoms. The van der Waals surface area contributed by atoms with Crippen LogP contribution in [-0.4, -0.2) is 16.9 Å². The van der Waals surface area contributed by atoms with Crippen LogP contribution in [-0.2, 0) is 0 Å². The first-order valence-electron chi connectivity index (χ1n) is 6.84. The van der Waals surface area contributed by atoms with Crippen LogP contribution in [0.1, 0.15) is 48.9 Å². The van der Waals surface area contributed by atoms with Crippen molar-refractivity contribution in [3.05, 3.63) is 40.1 Å². The lowest BCUT2D eigenvalue weighted by Crippen LogP contribution is -2.23. The highest BCUT2D eigenvalue weighted by molar-refractivity contribution is 6.02. The number of carbonyl (C=O) groups excluding carboxylic acids is 1. The van der Waals surface area contributed by atoms with Crippen LogP contribution in [0.5, 0.6) is 0 Å². The molecule has 0 unspecified atom stereocenters. The van der Waals surface area contributed by atoms with Gasteiger partial charge in [0, 0.05) is 11.5 Å². The van der Waals surface area contributed by atoms with E-state index in [-0.39, 0.29) is 22.7 Å². The van der Waals surface area contributed by atoms with Crippen molar-refractivity contribution in [1.82, 2.24) is 4.98 Å². The van der Waals surface area contributed by atoms with Crippen molar-refractivity contribution in [1.29, 1.82) is 0 Å². The van der Waals surface area contributed by atoms with E-state index in [1.165, 1.54) is 6.07 Å². The Morgan fingerprint density at radius 1 is 1.27 bits per heavy atom. The molecule has 2 rings (SSSR count). The van der Waals surface area contributed by atoms with Gasteiger partial charge in [0.2, 0.25) is 5.89 Å². The molecule has 0 bridgehead atoms. The Balaban J connectivity index is 2.57. The number of nitrogens with zero attached hydrogens (tertiary/aromatic N) is 1. The Morgan fingerprint density at radius 2 is 1.91 bits per heavy atom. The van der Waals surface area contributed by atoms with E-state index in [0.717, 1.165) is 25.0 Å². The summed E-state index contributed by atoms with van der Waals surface area (Å²) in [6.07, 6.45) is -3.54. The summed E-state index contributed by atoms with van der Waals surface area (Å²) in [5.74, 6) is -1.77. The Hall–Kier alpha value is -2.18. The molecule has 0 N–H and O–H groups in total. The van der Waals surface area contributed by atoms with Gasteiger partial charge in [0.1, 0.15) is 0 Å². The van der Waals surface area contributed by atoms with Crippen molar-refractivity contribution >= 4 is 16.7 Å². The van der Waals surface area contributed by atoms with Gasteiger partial charge in [-0.15, -0.1) is 0 Å². The van der Waals surface area contributed by atoms with Gasteiger partial charge in [-0.3, -0.25) is 4.79 Å². The number of aromatic nitrogens is 1. The third kappa shape index (κ3) is 3.03. The predicted octanol–water partition coefficient (Wildman–Crippen LogP) is 3.84. The largest absolute Gasteiger partial charge is 0.454 e. The number of benzene rings is 1. The number of halogens is 3. The summed E-state index contributed by atoms with van der Waals surface area (Å²) < 4.78 is 42.4. The minimum atomic E-state index is -4.99. The topological polar surface area (TPSA) is 60.2 Å². The van der Waals surface area contributed by atoms with E-state index in [1.54, 1.807) is 0 Å². The van der Waals surface area contributed by atoms with E-state index in [2.05, 4.69) is 4.98 Å². The number of fused-ring (bicyclic) bond motifs is 1. The third-order valence-electron chi connectivity index (χ3n) is 3.50. The summed E-state index contributed by atoms with van der Waals surface area (Å²) in [5.41, 5.74) is -1.18. The molecule has 4 nitrogen and oxygen atoms in total. The maximum absolute atomic E-state index is 12.4. The lowest BCUT2D eigenvalue weighted by molar-refractivity contribution is -0.0885. The van der Waals surface area contributed by atoms with Crippen LogP contribution in [0.4, 0.5) is 13.2 Å². The van der Waals surface area contributed by atoms with Gasteiger partial charge in [0.25, 0.3) is 5.78 Å². The molecule has 2 aromatic rings. The molecule has 0 amide bonds. The van der Waals surface area contributed by atoms with Gasteiger partial charge in [-0.05, 0) is 31.0 Å². The Kier molecular flexibility index (Phi) is 4.35. The van der Waals surface area contributed by atoms with Gasteiger partial charge >= 0.3 is 11.8 Å². The first-order chi connectivity index (χ1) is 10.3. The molecule has 0 spiro atoms. The fraction of sp³-hybridized carbons (Fsp3) is 0.400. The molecule has 1 aromatic heterocycles. The third-order valence-corrected chi connectivity index (χ3v) is 3.50. The van der Waals surface area contributed by atoms with Crippen LogP contribution in [0.25, 0.3) is 10.9 Å². The molecule has 118 valence electrons. The smallest absolute Gasteiger partial charge is 0.408 e. The molecule has 0 aliphatic heterocycles. The SMILES string of the molecule is CCC(CC)c1nc2ccc(C(=O)C(F)(F)F)cc2c(=O)o1. The highest BCUT2D eigenvalue weighted by atomic mass is 19.4. The predicted molar refractivity (Wildman–Crippen MR) is 74.0 cm³/mol. The fourth-order valence-electron chi connectivity index (χ4n) is 2.21. The Morgan fingerprint density at radius 3 is 2.45 bits per heavy atom. The van der Waals surface area contributed by atoms with Gasteiger partial charge in [-0.1, -0.05) is 13.8 Å². The molecule has 0 saturated heterocycles. The van der Waals surface area contributed by atoms with Gasteiger partial charge in [-0.25, -0.2) is 9.78 Å². The average Bonchev–Trinajstić information content (AvgIpc) is 2.46. The molecule has 0 aliphatic rings. The number of hydrogen-bond acceptors (Lipinski definition) is 4. The maximum Gasteiger partial charge on any atom is 0.454 e. The van der Waals surface area contributed by atoms with Gasteiger partial charge in [-0.2, -0.15) is 13.2 Å². The maximum atomic E-state index is 12.4. The van der Waals surface area contributed by atoms with Crippen molar-refractivity contribution in [2.45, 2.75) is 38.8 Å². The minimum Gasteiger partial charge on any atom is -0.408 e. The highest BCUT2D eigenvalue weighted by Crippen LogP contribution is 2.25. The van der Waals surface area contributed by atoms with Crippen molar-refractivity contribution < 1.29 is 22.4 Å². The number of alkyl halides is 3. The number of ketones is 1. The average molecular weight is 313 g/mol. The number of carbonyl (C=O) groups is 1. The summed E-state index contributed by atoms with van der Waals surface area (Å²) in [6.45, 7) is 3.84. The zero-order valence-electron chi connectivity index (χ0n) is 12.0. The summed E-state index contributed by atoms with van der Waals surface area (Å²) in [6, 6.07) is 3.12. The van der Waals surface area contributed by atoms with Crippen molar-refractivity contribution in [2.75, 3.05) is 0 Å².